The minimum atomic E-state index is -0.146. The maximum Gasteiger partial charge on any atom is 0.195 e. The Labute approximate surface area is 124 Å². The molecule has 0 aliphatic carbocycles. The molecule has 0 spiro atoms. The Kier molecular flexibility index (Phi) is 4.60. The Morgan fingerprint density at radius 2 is 1.90 bits per heavy atom. The predicted molar refractivity (Wildman–Crippen MR) is 82.7 cm³/mol. The standard InChI is InChI=1S/C15H21N3OS/c1-5-18-14(16-17-15(18)20)11(4)19-13-8-6-12(7-9-13)10(2)3/h6-11H,5H2,1-4H3,(H,17,20)/t11-/m1/s1. The summed E-state index contributed by atoms with van der Waals surface area (Å²) in [6.07, 6.45) is -0.146. The van der Waals surface area contributed by atoms with Crippen LogP contribution in [0.4, 0.5) is 0 Å². The highest BCUT2D eigenvalue weighted by atomic mass is 32.1. The van der Waals surface area contributed by atoms with Crippen molar-refractivity contribution in [2.24, 2.45) is 0 Å². The molecule has 2 rings (SSSR count). The van der Waals surface area contributed by atoms with E-state index in [-0.39, 0.29) is 6.10 Å². The van der Waals surface area contributed by atoms with E-state index >= 15 is 0 Å². The average Bonchev–Trinajstić information content (AvgIpc) is 2.80. The lowest BCUT2D eigenvalue weighted by molar-refractivity contribution is 0.210. The van der Waals surface area contributed by atoms with Gasteiger partial charge in [-0.15, -0.1) is 0 Å². The SMILES string of the molecule is CCn1c([C@@H](C)Oc2ccc(C(C)C)cc2)n[nH]c1=S. The number of nitrogens with zero attached hydrogens (tertiary/aromatic N) is 2. The molecule has 0 unspecified atom stereocenters. The van der Waals surface area contributed by atoms with Crippen LogP contribution in [-0.4, -0.2) is 14.8 Å². The third-order valence-electron chi connectivity index (χ3n) is 3.33. The summed E-state index contributed by atoms with van der Waals surface area (Å²) in [4.78, 5) is 0. The summed E-state index contributed by atoms with van der Waals surface area (Å²) in [5, 5.41) is 7.06. The monoisotopic (exact) mass is 291 g/mol. The summed E-state index contributed by atoms with van der Waals surface area (Å²) in [6.45, 7) is 9.16. The molecule has 0 aliphatic heterocycles. The number of benzene rings is 1. The molecule has 0 fully saturated rings. The van der Waals surface area contributed by atoms with E-state index in [4.69, 9.17) is 17.0 Å². The molecule has 1 N–H and O–H groups in total. The molecule has 0 radical (unpaired) electrons. The second kappa shape index (κ2) is 6.22. The minimum Gasteiger partial charge on any atom is -0.483 e. The first-order valence-corrected chi connectivity index (χ1v) is 7.35. The molecular weight excluding hydrogens is 270 g/mol. The summed E-state index contributed by atoms with van der Waals surface area (Å²) < 4.78 is 8.52. The largest absolute Gasteiger partial charge is 0.483 e. The summed E-state index contributed by atoms with van der Waals surface area (Å²) >= 11 is 5.19. The fourth-order valence-electron chi connectivity index (χ4n) is 2.13. The fourth-order valence-corrected chi connectivity index (χ4v) is 2.40. The van der Waals surface area contributed by atoms with Crippen LogP contribution in [0.15, 0.2) is 24.3 Å². The molecule has 2 aromatic rings. The van der Waals surface area contributed by atoms with Gasteiger partial charge in [0.2, 0.25) is 0 Å². The Morgan fingerprint density at radius 3 is 2.45 bits per heavy atom. The maximum atomic E-state index is 5.94. The van der Waals surface area contributed by atoms with Gasteiger partial charge < -0.3 is 9.30 Å². The van der Waals surface area contributed by atoms with Crippen LogP contribution in [0.2, 0.25) is 0 Å². The molecule has 0 bridgehead atoms. The van der Waals surface area contributed by atoms with Crippen LogP contribution in [-0.2, 0) is 6.54 Å². The van der Waals surface area contributed by atoms with Crippen molar-refractivity contribution in [3.8, 4) is 5.75 Å². The van der Waals surface area contributed by atoms with Crippen molar-refractivity contribution in [3.05, 3.63) is 40.4 Å². The van der Waals surface area contributed by atoms with E-state index in [0.29, 0.717) is 10.7 Å². The first-order chi connectivity index (χ1) is 9.52. The van der Waals surface area contributed by atoms with Crippen molar-refractivity contribution in [2.75, 3.05) is 0 Å². The third kappa shape index (κ3) is 3.10. The van der Waals surface area contributed by atoms with Crippen molar-refractivity contribution >= 4 is 12.2 Å². The first-order valence-electron chi connectivity index (χ1n) is 6.94. The second-order valence-corrected chi connectivity index (χ2v) is 5.50. The number of rotatable bonds is 5. The zero-order chi connectivity index (χ0) is 14.7. The number of H-pyrrole nitrogens is 1. The highest BCUT2D eigenvalue weighted by molar-refractivity contribution is 7.71. The van der Waals surface area contributed by atoms with Gasteiger partial charge in [-0.1, -0.05) is 26.0 Å². The smallest absolute Gasteiger partial charge is 0.195 e. The van der Waals surface area contributed by atoms with Crippen LogP contribution in [0.25, 0.3) is 0 Å². The van der Waals surface area contributed by atoms with Crippen LogP contribution in [0.5, 0.6) is 5.75 Å². The van der Waals surface area contributed by atoms with Gasteiger partial charge in [0.25, 0.3) is 0 Å². The van der Waals surface area contributed by atoms with Crippen LogP contribution < -0.4 is 4.74 Å². The second-order valence-electron chi connectivity index (χ2n) is 5.12. The number of nitrogens with one attached hydrogen (secondary N) is 1. The number of hydrogen-bond acceptors (Lipinski definition) is 3. The quantitative estimate of drug-likeness (QED) is 0.839. The molecule has 0 saturated carbocycles. The summed E-state index contributed by atoms with van der Waals surface area (Å²) in [7, 11) is 0. The van der Waals surface area contributed by atoms with Crippen LogP contribution in [0, 0.1) is 4.77 Å². The summed E-state index contributed by atoms with van der Waals surface area (Å²) in [6, 6.07) is 8.21. The van der Waals surface area contributed by atoms with E-state index in [0.717, 1.165) is 18.1 Å². The van der Waals surface area contributed by atoms with E-state index in [2.05, 4.69) is 36.2 Å². The zero-order valence-corrected chi connectivity index (χ0v) is 13.2. The zero-order valence-electron chi connectivity index (χ0n) is 12.4. The van der Waals surface area contributed by atoms with Crippen LogP contribution >= 0.6 is 12.2 Å². The van der Waals surface area contributed by atoms with Crippen LogP contribution in [0.1, 0.15) is 51.1 Å². The number of aromatic nitrogens is 3. The maximum absolute atomic E-state index is 5.94. The Bertz CT molecular complexity index is 613. The van der Waals surface area contributed by atoms with E-state index in [1.165, 1.54) is 5.56 Å². The van der Waals surface area contributed by atoms with Gasteiger partial charge in [-0.3, -0.25) is 5.10 Å². The molecular formula is C15H21N3OS. The van der Waals surface area contributed by atoms with Crippen molar-refractivity contribution in [2.45, 2.75) is 46.3 Å². The normalized spacial score (nSPS) is 12.7. The van der Waals surface area contributed by atoms with Gasteiger partial charge >= 0.3 is 0 Å². The molecule has 0 saturated heterocycles. The Hall–Kier alpha value is -1.62. The van der Waals surface area contributed by atoms with Gasteiger partial charge in [-0.25, -0.2) is 0 Å². The molecule has 1 heterocycles. The summed E-state index contributed by atoms with van der Waals surface area (Å²) in [5.41, 5.74) is 1.31. The highest BCUT2D eigenvalue weighted by Gasteiger charge is 2.15. The topological polar surface area (TPSA) is 42.8 Å². The van der Waals surface area contributed by atoms with E-state index < -0.39 is 0 Å². The molecule has 0 amide bonds. The molecule has 1 aromatic heterocycles. The van der Waals surface area contributed by atoms with Crippen LogP contribution in [0.3, 0.4) is 0 Å². The van der Waals surface area contributed by atoms with Crippen molar-refractivity contribution in [3.63, 3.8) is 0 Å². The number of aromatic amines is 1. The lowest BCUT2D eigenvalue weighted by Gasteiger charge is -2.15. The van der Waals surface area contributed by atoms with Gasteiger partial charge in [-0.05, 0) is 49.7 Å². The molecule has 0 aliphatic rings. The minimum absolute atomic E-state index is 0.146. The average molecular weight is 291 g/mol. The molecule has 1 aromatic carbocycles. The van der Waals surface area contributed by atoms with E-state index in [1.54, 1.807) is 0 Å². The van der Waals surface area contributed by atoms with Gasteiger partial charge in [0.1, 0.15) is 5.75 Å². The molecule has 108 valence electrons. The predicted octanol–water partition coefficient (Wildman–Crippen LogP) is 4.22. The van der Waals surface area contributed by atoms with Crippen molar-refractivity contribution < 1.29 is 4.74 Å². The van der Waals surface area contributed by atoms with Gasteiger partial charge in [-0.2, -0.15) is 5.10 Å². The molecule has 4 nitrogen and oxygen atoms in total. The number of hydrogen-bond donors (Lipinski definition) is 1. The lowest BCUT2D eigenvalue weighted by Crippen LogP contribution is -2.11. The van der Waals surface area contributed by atoms with E-state index in [1.807, 2.05) is 30.5 Å². The molecule has 5 heteroatoms. The molecule has 20 heavy (non-hydrogen) atoms. The lowest BCUT2D eigenvalue weighted by atomic mass is 10.0. The van der Waals surface area contributed by atoms with Gasteiger partial charge in [0.05, 0.1) is 0 Å². The van der Waals surface area contributed by atoms with E-state index in [9.17, 15) is 0 Å². The van der Waals surface area contributed by atoms with Crippen molar-refractivity contribution in [1.29, 1.82) is 0 Å². The van der Waals surface area contributed by atoms with Crippen molar-refractivity contribution in [1.82, 2.24) is 14.8 Å². The Morgan fingerprint density at radius 1 is 1.25 bits per heavy atom. The first kappa shape index (κ1) is 14.8. The fraction of sp³-hybridized carbons (Fsp3) is 0.467. The Balaban J connectivity index is 2.14. The van der Waals surface area contributed by atoms with Gasteiger partial charge in [0.15, 0.2) is 16.7 Å². The highest BCUT2D eigenvalue weighted by Crippen LogP contribution is 2.23. The summed E-state index contributed by atoms with van der Waals surface area (Å²) in [5.74, 6) is 2.20. The third-order valence-corrected chi connectivity index (χ3v) is 3.64. The number of ether oxygens (including phenoxy) is 1. The van der Waals surface area contributed by atoms with Gasteiger partial charge in [0, 0.05) is 6.54 Å². The molecule has 1 atom stereocenters.